The van der Waals surface area contributed by atoms with Gasteiger partial charge in [0.1, 0.15) is 12.1 Å². The molecular formula is C20H35N5. The minimum atomic E-state index is 0.707. The summed E-state index contributed by atoms with van der Waals surface area (Å²) in [5, 5.41) is 0. The number of hydrogen-bond acceptors (Lipinski definition) is 5. The molecule has 0 atom stereocenters. The molecule has 0 N–H and O–H groups in total. The van der Waals surface area contributed by atoms with Crippen molar-refractivity contribution in [1.29, 1.82) is 0 Å². The molecule has 140 valence electrons. The maximum Gasteiger partial charge on any atom is 0.135 e. The van der Waals surface area contributed by atoms with E-state index in [1.54, 1.807) is 6.33 Å². The molecule has 1 saturated heterocycles. The maximum absolute atomic E-state index is 4.71. The summed E-state index contributed by atoms with van der Waals surface area (Å²) in [5.74, 6) is 1.92. The van der Waals surface area contributed by atoms with Crippen LogP contribution in [-0.4, -0.2) is 65.6 Å². The molecule has 3 heterocycles. The molecule has 3 rings (SSSR count). The third kappa shape index (κ3) is 4.91. The molecule has 0 radical (unpaired) electrons. The summed E-state index contributed by atoms with van der Waals surface area (Å²) < 4.78 is 0. The second kappa shape index (κ2) is 8.95. The fourth-order valence-corrected chi connectivity index (χ4v) is 4.11. The van der Waals surface area contributed by atoms with E-state index in [4.69, 9.17) is 4.98 Å². The van der Waals surface area contributed by atoms with Crippen molar-refractivity contribution in [3.63, 3.8) is 0 Å². The Bertz CT molecular complexity index is 537. The van der Waals surface area contributed by atoms with E-state index in [2.05, 4.69) is 40.5 Å². The summed E-state index contributed by atoms with van der Waals surface area (Å²) in [6, 6.07) is 0. The minimum Gasteiger partial charge on any atom is -0.354 e. The Kier molecular flexibility index (Phi) is 6.65. The van der Waals surface area contributed by atoms with Gasteiger partial charge in [-0.15, -0.1) is 0 Å². The zero-order valence-corrected chi connectivity index (χ0v) is 16.4. The van der Waals surface area contributed by atoms with Crippen molar-refractivity contribution in [2.75, 3.05) is 50.7 Å². The molecule has 5 heteroatoms. The summed E-state index contributed by atoms with van der Waals surface area (Å²) >= 11 is 0. The zero-order chi connectivity index (χ0) is 17.6. The molecule has 25 heavy (non-hydrogen) atoms. The highest BCUT2D eigenvalue weighted by Gasteiger charge is 2.24. The van der Waals surface area contributed by atoms with Crippen molar-refractivity contribution in [2.24, 2.45) is 5.92 Å². The number of nitrogens with zero attached hydrogens (tertiary/aromatic N) is 5. The summed E-state index contributed by atoms with van der Waals surface area (Å²) in [4.78, 5) is 17.0. The van der Waals surface area contributed by atoms with E-state index < -0.39 is 0 Å². The van der Waals surface area contributed by atoms with Crippen molar-refractivity contribution in [2.45, 2.75) is 53.0 Å². The summed E-state index contributed by atoms with van der Waals surface area (Å²) in [6.07, 6.45) is 6.73. The van der Waals surface area contributed by atoms with Crippen LogP contribution in [0.15, 0.2) is 6.33 Å². The van der Waals surface area contributed by atoms with Crippen molar-refractivity contribution in [3.8, 4) is 0 Å². The Balaban J connectivity index is 1.68. The number of anilines is 1. The Labute approximate surface area is 153 Å². The molecular weight excluding hydrogens is 310 g/mol. The topological polar surface area (TPSA) is 35.5 Å². The van der Waals surface area contributed by atoms with E-state index >= 15 is 0 Å². The lowest BCUT2D eigenvalue weighted by Crippen LogP contribution is -2.47. The standard InChI is InChI=1S/C20H35N5/c1-4-5-8-23-10-12-25(13-11-23)20-18-7-6-9-24(14-17(2)3)15-19(18)21-16-22-20/h16-17H,4-15H2,1-3H3. The van der Waals surface area contributed by atoms with Crippen LogP contribution in [0.3, 0.4) is 0 Å². The van der Waals surface area contributed by atoms with Gasteiger partial charge in [0.15, 0.2) is 0 Å². The van der Waals surface area contributed by atoms with Gasteiger partial charge in [-0.25, -0.2) is 9.97 Å². The predicted octanol–water partition coefficient (Wildman–Crippen LogP) is 2.80. The molecule has 0 amide bonds. The highest BCUT2D eigenvalue weighted by atomic mass is 15.3. The van der Waals surface area contributed by atoms with E-state index in [-0.39, 0.29) is 0 Å². The van der Waals surface area contributed by atoms with Crippen LogP contribution in [0.4, 0.5) is 5.82 Å². The van der Waals surface area contributed by atoms with Crippen molar-refractivity contribution >= 4 is 5.82 Å². The highest BCUT2D eigenvalue weighted by Crippen LogP contribution is 2.26. The van der Waals surface area contributed by atoms with Crippen LogP contribution >= 0.6 is 0 Å². The van der Waals surface area contributed by atoms with Crippen LogP contribution in [0.25, 0.3) is 0 Å². The third-order valence-corrected chi connectivity index (χ3v) is 5.41. The first-order valence-electron chi connectivity index (χ1n) is 10.2. The SMILES string of the molecule is CCCCN1CCN(c2ncnc3c2CCCN(CC(C)C)C3)CC1. The van der Waals surface area contributed by atoms with Crippen molar-refractivity contribution < 1.29 is 0 Å². The lowest BCUT2D eigenvalue weighted by atomic mass is 10.1. The maximum atomic E-state index is 4.71. The molecule has 1 fully saturated rings. The number of fused-ring (bicyclic) bond motifs is 1. The smallest absolute Gasteiger partial charge is 0.135 e. The van der Waals surface area contributed by atoms with Gasteiger partial charge in [-0.1, -0.05) is 27.2 Å². The molecule has 0 aliphatic carbocycles. The Morgan fingerprint density at radius 3 is 2.56 bits per heavy atom. The van der Waals surface area contributed by atoms with E-state index in [0.717, 1.165) is 45.7 Å². The van der Waals surface area contributed by atoms with Gasteiger partial charge in [0.05, 0.1) is 5.69 Å². The van der Waals surface area contributed by atoms with Gasteiger partial charge < -0.3 is 4.90 Å². The Morgan fingerprint density at radius 2 is 1.84 bits per heavy atom. The number of rotatable bonds is 6. The minimum absolute atomic E-state index is 0.707. The molecule has 0 unspecified atom stereocenters. The van der Waals surface area contributed by atoms with Crippen LogP contribution < -0.4 is 4.90 Å². The molecule has 0 saturated carbocycles. The number of aromatic nitrogens is 2. The molecule has 1 aromatic rings. The van der Waals surface area contributed by atoms with Crippen molar-refractivity contribution in [1.82, 2.24) is 19.8 Å². The second-order valence-corrected chi connectivity index (χ2v) is 8.04. The van der Waals surface area contributed by atoms with Crippen molar-refractivity contribution in [3.05, 3.63) is 17.6 Å². The van der Waals surface area contributed by atoms with Gasteiger partial charge in [0.2, 0.25) is 0 Å². The highest BCUT2D eigenvalue weighted by molar-refractivity contribution is 5.49. The number of unbranched alkanes of at least 4 members (excludes halogenated alkanes) is 1. The second-order valence-electron chi connectivity index (χ2n) is 8.04. The third-order valence-electron chi connectivity index (χ3n) is 5.41. The lowest BCUT2D eigenvalue weighted by molar-refractivity contribution is 0.237. The molecule has 1 aromatic heterocycles. The van der Waals surface area contributed by atoms with Crippen LogP contribution in [0, 0.1) is 5.92 Å². The van der Waals surface area contributed by atoms with Gasteiger partial charge in [0, 0.05) is 44.8 Å². The first-order valence-corrected chi connectivity index (χ1v) is 10.2. The number of hydrogen-bond donors (Lipinski definition) is 0. The fraction of sp³-hybridized carbons (Fsp3) is 0.800. The van der Waals surface area contributed by atoms with E-state index in [1.807, 2.05) is 0 Å². The van der Waals surface area contributed by atoms with Gasteiger partial charge >= 0.3 is 0 Å². The molecule has 0 bridgehead atoms. The Hall–Kier alpha value is -1.20. The predicted molar refractivity (Wildman–Crippen MR) is 104 cm³/mol. The molecule has 2 aliphatic heterocycles. The van der Waals surface area contributed by atoms with Gasteiger partial charge in [-0.05, 0) is 38.3 Å². The molecule has 0 spiro atoms. The fourth-order valence-electron chi connectivity index (χ4n) is 4.11. The average Bonchev–Trinajstić information content (AvgIpc) is 2.81. The van der Waals surface area contributed by atoms with Crippen LogP contribution in [-0.2, 0) is 13.0 Å². The van der Waals surface area contributed by atoms with Crippen LogP contribution in [0.1, 0.15) is 51.3 Å². The molecule has 0 aromatic carbocycles. The van der Waals surface area contributed by atoms with Gasteiger partial charge in [0.25, 0.3) is 0 Å². The summed E-state index contributed by atoms with van der Waals surface area (Å²) in [7, 11) is 0. The van der Waals surface area contributed by atoms with Gasteiger partial charge in [-0.2, -0.15) is 0 Å². The molecule has 5 nitrogen and oxygen atoms in total. The van der Waals surface area contributed by atoms with Crippen LogP contribution in [0.2, 0.25) is 0 Å². The molecule has 2 aliphatic rings. The first kappa shape index (κ1) is 18.6. The monoisotopic (exact) mass is 345 g/mol. The van der Waals surface area contributed by atoms with Crippen LogP contribution in [0.5, 0.6) is 0 Å². The van der Waals surface area contributed by atoms with E-state index in [1.165, 1.54) is 49.4 Å². The van der Waals surface area contributed by atoms with E-state index in [9.17, 15) is 0 Å². The summed E-state index contributed by atoms with van der Waals surface area (Å²) in [5.41, 5.74) is 2.67. The normalized spacial score (nSPS) is 19.9. The lowest BCUT2D eigenvalue weighted by Gasteiger charge is -2.36. The first-order chi connectivity index (χ1) is 12.2. The zero-order valence-electron chi connectivity index (χ0n) is 16.4. The van der Waals surface area contributed by atoms with Gasteiger partial charge in [-0.3, -0.25) is 9.80 Å². The summed E-state index contributed by atoms with van der Waals surface area (Å²) in [6.45, 7) is 16.0. The average molecular weight is 346 g/mol. The Morgan fingerprint density at radius 1 is 1.04 bits per heavy atom. The van der Waals surface area contributed by atoms with E-state index in [0.29, 0.717) is 5.92 Å². The number of piperazine rings is 1. The quantitative estimate of drug-likeness (QED) is 0.792. The largest absolute Gasteiger partial charge is 0.354 e.